The molecule has 1 spiro atoms. The quantitative estimate of drug-likeness (QED) is 0.525. The second-order valence-electron chi connectivity index (χ2n) is 8.27. The summed E-state index contributed by atoms with van der Waals surface area (Å²) in [6.07, 6.45) is 10.8. The molecule has 3 rings (SSSR count). The van der Waals surface area contributed by atoms with Crippen molar-refractivity contribution in [3.05, 3.63) is 0 Å². The molecular weight excluding hydrogens is 346 g/mol. The highest BCUT2D eigenvalue weighted by Crippen LogP contribution is 2.38. The third kappa shape index (κ3) is 4.62. The van der Waals surface area contributed by atoms with E-state index in [1.807, 2.05) is 6.92 Å². The Labute approximate surface area is 161 Å². The number of carbonyl (C=O) groups excluding carboxylic acids is 3. The topological polar surface area (TPSA) is 87.7 Å². The van der Waals surface area contributed by atoms with Crippen molar-refractivity contribution < 1.29 is 19.1 Å². The van der Waals surface area contributed by atoms with E-state index < -0.39 is 11.6 Å². The molecule has 2 atom stereocenters. The fourth-order valence-corrected chi connectivity index (χ4v) is 4.62. The van der Waals surface area contributed by atoms with Gasteiger partial charge in [0.25, 0.3) is 5.91 Å². The van der Waals surface area contributed by atoms with Gasteiger partial charge in [0.05, 0.1) is 6.10 Å². The minimum Gasteiger partial charge on any atom is -0.378 e. The fourth-order valence-electron chi connectivity index (χ4n) is 4.62. The number of hydrogen-bond donors (Lipinski definition) is 2. The smallest absolute Gasteiger partial charge is 0.325 e. The number of nitrogens with zero attached hydrogens (tertiary/aromatic N) is 1. The van der Waals surface area contributed by atoms with Gasteiger partial charge in [0.15, 0.2) is 0 Å². The van der Waals surface area contributed by atoms with E-state index in [4.69, 9.17) is 4.74 Å². The molecule has 0 radical (unpaired) electrons. The molecule has 2 aliphatic carbocycles. The lowest BCUT2D eigenvalue weighted by atomic mass is 9.73. The van der Waals surface area contributed by atoms with Crippen molar-refractivity contribution in [1.29, 1.82) is 0 Å². The van der Waals surface area contributed by atoms with Gasteiger partial charge >= 0.3 is 6.03 Å². The number of nitrogens with one attached hydrogen (secondary N) is 2. The molecule has 0 aromatic heterocycles. The standard InChI is InChI=1S/C20H33N3O4/c1-15-8-5-6-11-20(15)18(25)23(19(26)22-20)14-17(24)21-12-7-13-27-16-9-3-2-4-10-16/h15-16H,2-14H2,1H3,(H,21,24)(H,22,26)/t15-,20+/m1/s1. The van der Waals surface area contributed by atoms with Crippen molar-refractivity contribution in [2.24, 2.45) is 5.92 Å². The van der Waals surface area contributed by atoms with Crippen LogP contribution < -0.4 is 10.6 Å². The predicted molar refractivity (Wildman–Crippen MR) is 101 cm³/mol. The molecule has 0 aromatic carbocycles. The van der Waals surface area contributed by atoms with E-state index in [1.165, 1.54) is 19.3 Å². The zero-order valence-electron chi connectivity index (χ0n) is 16.4. The van der Waals surface area contributed by atoms with Gasteiger partial charge in [-0.1, -0.05) is 39.0 Å². The Balaban J connectivity index is 1.38. The highest BCUT2D eigenvalue weighted by atomic mass is 16.5. The van der Waals surface area contributed by atoms with Crippen molar-refractivity contribution >= 4 is 17.8 Å². The second-order valence-corrected chi connectivity index (χ2v) is 8.27. The number of hydrogen-bond acceptors (Lipinski definition) is 4. The Morgan fingerprint density at radius 3 is 2.67 bits per heavy atom. The van der Waals surface area contributed by atoms with Gasteiger partial charge in [-0.2, -0.15) is 0 Å². The van der Waals surface area contributed by atoms with Crippen LogP contribution in [0, 0.1) is 5.92 Å². The summed E-state index contributed by atoms with van der Waals surface area (Å²) in [6.45, 7) is 2.93. The number of rotatable bonds is 7. The first-order valence-electron chi connectivity index (χ1n) is 10.6. The Morgan fingerprint density at radius 1 is 1.19 bits per heavy atom. The Kier molecular flexibility index (Phi) is 6.73. The molecule has 0 bridgehead atoms. The lowest BCUT2D eigenvalue weighted by Crippen LogP contribution is -2.54. The van der Waals surface area contributed by atoms with Crippen LogP contribution in [0.1, 0.15) is 71.1 Å². The SMILES string of the molecule is C[C@@H]1CCCC[C@]12NC(=O)N(CC(=O)NCCCOC1CCCCC1)C2=O. The molecular formula is C20H33N3O4. The van der Waals surface area contributed by atoms with Gasteiger partial charge in [0.1, 0.15) is 12.1 Å². The van der Waals surface area contributed by atoms with Gasteiger partial charge in [0, 0.05) is 13.2 Å². The molecule has 3 aliphatic rings. The van der Waals surface area contributed by atoms with Gasteiger partial charge < -0.3 is 15.4 Å². The van der Waals surface area contributed by atoms with Crippen molar-refractivity contribution in [3.8, 4) is 0 Å². The monoisotopic (exact) mass is 379 g/mol. The lowest BCUT2D eigenvalue weighted by molar-refractivity contribution is -0.137. The van der Waals surface area contributed by atoms with Gasteiger partial charge in [-0.3, -0.25) is 14.5 Å². The largest absolute Gasteiger partial charge is 0.378 e. The van der Waals surface area contributed by atoms with Crippen LogP contribution in [-0.4, -0.2) is 54.1 Å². The first-order chi connectivity index (χ1) is 13.0. The van der Waals surface area contributed by atoms with Crippen molar-refractivity contribution in [2.45, 2.75) is 82.8 Å². The summed E-state index contributed by atoms with van der Waals surface area (Å²) < 4.78 is 5.84. The van der Waals surface area contributed by atoms with E-state index in [0.29, 0.717) is 25.7 Å². The summed E-state index contributed by atoms with van der Waals surface area (Å²) in [7, 11) is 0. The third-order valence-corrected chi connectivity index (χ3v) is 6.35. The van der Waals surface area contributed by atoms with Crippen LogP contribution in [0.4, 0.5) is 4.79 Å². The van der Waals surface area contributed by atoms with Crippen LogP contribution in [0.2, 0.25) is 0 Å². The van der Waals surface area contributed by atoms with Gasteiger partial charge in [-0.05, 0) is 38.0 Å². The molecule has 4 amide bonds. The first-order valence-corrected chi connectivity index (χ1v) is 10.6. The zero-order chi connectivity index (χ0) is 19.3. The molecule has 0 aromatic rings. The van der Waals surface area contributed by atoms with Crippen LogP contribution in [0.5, 0.6) is 0 Å². The summed E-state index contributed by atoms with van der Waals surface area (Å²) in [5.74, 6) is -0.431. The third-order valence-electron chi connectivity index (χ3n) is 6.35. The number of amides is 4. The highest BCUT2D eigenvalue weighted by Gasteiger charge is 2.55. The van der Waals surface area contributed by atoms with Crippen LogP contribution >= 0.6 is 0 Å². The maximum absolute atomic E-state index is 12.8. The summed E-state index contributed by atoms with van der Waals surface area (Å²) >= 11 is 0. The molecule has 2 saturated carbocycles. The normalized spacial score (nSPS) is 29.2. The van der Waals surface area contributed by atoms with E-state index >= 15 is 0 Å². The zero-order valence-corrected chi connectivity index (χ0v) is 16.4. The number of imide groups is 1. The van der Waals surface area contributed by atoms with E-state index in [2.05, 4.69) is 10.6 Å². The van der Waals surface area contributed by atoms with Gasteiger partial charge in [-0.25, -0.2) is 4.79 Å². The van der Waals surface area contributed by atoms with E-state index in [9.17, 15) is 14.4 Å². The summed E-state index contributed by atoms with van der Waals surface area (Å²) in [6, 6.07) is -0.440. The summed E-state index contributed by atoms with van der Waals surface area (Å²) in [4.78, 5) is 38.4. The Bertz CT molecular complexity index is 561. The molecule has 1 heterocycles. The highest BCUT2D eigenvalue weighted by molar-refractivity contribution is 6.09. The Morgan fingerprint density at radius 2 is 1.93 bits per heavy atom. The molecule has 1 aliphatic heterocycles. The maximum Gasteiger partial charge on any atom is 0.325 e. The van der Waals surface area contributed by atoms with E-state index in [0.717, 1.165) is 43.4 Å². The maximum atomic E-state index is 12.8. The number of carbonyl (C=O) groups is 3. The van der Waals surface area contributed by atoms with E-state index in [-0.39, 0.29) is 24.3 Å². The van der Waals surface area contributed by atoms with Gasteiger partial charge in [0.2, 0.25) is 5.91 Å². The average molecular weight is 380 g/mol. The van der Waals surface area contributed by atoms with Crippen molar-refractivity contribution in [1.82, 2.24) is 15.5 Å². The summed E-state index contributed by atoms with van der Waals surface area (Å²) in [5, 5.41) is 5.67. The Hall–Kier alpha value is -1.63. The summed E-state index contributed by atoms with van der Waals surface area (Å²) in [5.41, 5.74) is -0.802. The molecule has 7 nitrogen and oxygen atoms in total. The minimum atomic E-state index is -0.802. The molecule has 152 valence electrons. The molecule has 7 heteroatoms. The molecule has 3 fully saturated rings. The fraction of sp³-hybridized carbons (Fsp3) is 0.850. The molecule has 2 N–H and O–H groups in total. The predicted octanol–water partition coefficient (Wildman–Crippen LogP) is 2.34. The van der Waals surface area contributed by atoms with Crippen molar-refractivity contribution in [2.75, 3.05) is 19.7 Å². The van der Waals surface area contributed by atoms with E-state index in [1.54, 1.807) is 0 Å². The molecule has 27 heavy (non-hydrogen) atoms. The minimum absolute atomic E-state index is 0.104. The second kappa shape index (κ2) is 9.04. The van der Waals surface area contributed by atoms with Crippen LogP contribution in [0.15, 0.2) is 0 Å². The van der Waals surface area contributed by atoms with Crippen LogP contribution in [0.25, 0.3) is 0 Å². The first kappa shape index (κ1) is 20.1. The van der Waals surface area contributed by atoms with Crippen LogP contribution in [-0.2, 0) is 14.3 Å². The van der Waals surface area contributed by atoms with Crippen molar-refractivity contribution in [3.63, 3.8) is 0 Å². The molecule has 1 saturated heterocycles. The molecule has 0 unspecified atom stereocenters. The number of ether oxygens (including phenoxy) is 1. The number of urea groups is 1. The average Bonchev–Trinajstić information content (AvgIpc) is 2.90. The van der Waals surface area contributed by atoms with Crippen LogP contribution in [0.3, 0.4) is 0 Å². The lowest BCUT2D eigenvalue weighted by Gasteiger charge is -2.36. The van der Waals surface area contributed by atoms with Gasteiger partial charge in [-0.15, -0.1) is 0 Å².